The molecule has 0 saturated carbocycles. The van der Waals surface area contributed by atoms with E-state index in [9.17, 15) is 4.79 Å². The van der Waals surface area contributed by atoms with E-state index in [0.29, 0.717) is 11.4 Å². The summed E-state index contributed by atoms with van der Waals surface area (Å²) >= 11 is 0. The summed E-state index contributed by atoms with van der Waals surface area (Å²) in [4.78, 5) is 18.2. The van der Waals surface area contributed by atoms with E-state index in [0.717, 1.165) is 0 Å². The summed E-state index contributed by atoms with van der Waals surface area (Å²) in [5.74, 6) is 0.107. The number of nitrogens with zero attached hydrogens (tertiary/aromatic N) is 1. The van der Waals surface area contributed by atoms with E-state index in [1.165, 1.54) is 6.20 Å². The van der Waals surface area contributed by atoms with Crippen molar-refractivity contribution in [3.05, 3.63) is 58.5 Å². The number of aromatic nitrogens is 1. The molecule has 0 aliphatic carbocycles. The van der Waals surface area contributed by atoms with Gasteiger partial charge in [0, 0.05) is 11.9 Å². The van der Waals surface area contributed by atoms with Crippen molar-refractivity contribution in [3.63, 3.8) is 0 Å². The molecule has 2 rings (SSSR count). The number of para-hydroxylation sites is 1. The lowest BCUT2D eigenvalue weighted by Gasteiger charge is -2.03. The summed E-state index contributed by atoms with van der Waals surface area (Å²) in [6, 6.07) is 10.7. The van der Waals surface area contributed by atoms with Crippen molar-refractivity contribution in [3.8, 4) is 0 Å². The smallest absolute Gasteiger partial charge is 0.261 e. The van der Waals surface area contributed by atoms with E-state index in [4.69, 9.17) is 11.5 Å². The summed E-state index contributed by atoms with van der Waals surface area (Å²) in [6.07, 6.45) is 1.47. The maximum Gasteiger partial charge on any atom is 0.261 e. The van der Waals surface area contributed by atoms with E-state index in [-0.39, 0.29) is 17.0 Å². The molecular formula is C12H12N4O. The van der Waals surface area contributed by atoms with Gasteiger partial charge >= 0.3 is 0 Å². The zero-order valence-corrected chi connectivity index (χ0v) is 9.05. The molecule has 0 aliphatic heterocycles. The molecule has 0 aliphatic rings. The van der Waals surface area contributed by atoms with Gasteiger partial charge in [-0.25, -0.2) is 4.99 Å². The highest BCUT2D eigenvalue weighted by Gasteiger charge is 2.08. The number of hydrogen-bond donors (Lipinski definition) is 3. The van der Waals surface area contributed by atoms with Gasteiger partial charge in [0.05, 0.1) is 5.69 Å². The second-order valence-corrected chi connectivity index (χ2v) is 3.47. The van der Waals surface area contributed by atoms with Gasteiger partial charge in [-0.05, 0) is 18.2 Å². The summed E-state index contributed by atoms with van der Waals surface area (Å²) in [5, 5.41) is 0. The first-order valence-electron chi connectivity index (χ1n) is 5.05. The second kappa shape index (κ2) is 4.52. The lowest BCUT2D eigenvalue weighted by molar-refractivity contribution is 1.22. The van der Waals surface area contributed by atoms with Crippen molar-refractivity contribution in [2.24, 2.45) is 10.7 Å². The number of aromatic amines is 1. The fourth-order valence-electron chi connectivity index (χ4n) is 1.46. The van der Waals surface area contributed by atoms with E-state index in [1.807, 2.05) is 18.2 Å². The number of hydrogen-bond acceptors (Lipinski definition) is 3. The van der Waals surface area contributed by atoms with Crippen LogP contribution in [0.1, 0.15) is 5.56 Å². The lowest BCUT2D eigenvalue weighted by atomic mass is 10.2. The fourth-order valence-corrected chi connectivity index (χ4v) is 1.46. The van der Waals surface area contributed by atoms with Crippen LogP contribution in [0.2, 0.25) is 0 Å². The molecule has 5 N–H and O–H groups in total. The number of aliphatic imine (C=N–C) groups is 1. The Morgan fingerprint density at radius 1 is 1.18 bits per heavy atom. The van der Waals surface area contributed by atoms with Gasteiger partial charge in [-0.2, -0.15) is 0 Å². The van der Waals surface area contributed by atoms with Crippen molar-refractivity contribution in [2.75, 3.05) is 5.73 Å². The van der Waals surface area contributed by atoms with Gasteiger partial charge in [0.15, 0.2) is 0 Å². The molecule has 0 bridgehead atoms. The molecular weight excluding hydrogens is 216 g/mol. The molecule has 0 spiro atoms. The minimum atomic E-state index is -0.345. The summed E-state index contributed by atoms with van der Waals surface area (Å²) < 4.78 is 0. The number of benzene rings is 1. The Morgan fingerprint density at radius 2 is 1.88 bits per heavy atom. The van der Waals surface area contributed by atoms with Crippen LogP contribution in [0.4, 0.5) is 11.4 Å². The molecule has 0 unspecified atom stereocenters. The predicted molar refractivity (Wildman–Crippen MR) is 68.3 cm³/mol. The topological polar surface area (TPSA) is 97.3 Å². The number of pyridine rings is 1. The minimum Gasteiger partial charge on any atom is -0.398 e. The molecule has 17 heavy (non-hydrogen) atoms. The standard InChI is InChI=1S/C12H12N4O/c13-9-6-7-15-12(17)10(9)11(14)16-8-4-2-1-3-5-8/h1-7H,(H2,14,16)(H3,13,15,17). The van der Waals surface area contributed by atoms with Crippen molar-refractivity contribution in [1.82, 2.24) is 4.98 Å². The van der Waals surface area contributed by atoms with Crippen LogP contribution in [0.3, 0.4) is 0 Å². The highest BCUT2D eigenvalue weighted by atomic mass is 16.1. The van der Waals surface area contributed by atoms with Gasteiger partial charge in [-0.1, -0.05) is 18.2 Å². The minimum absolute atomic E-state index is 0.107. The molecule has 0 fully saturated rings. The highest BCUT2D eigenvalue weighted by molar-refractivity contribution is 6.02. The van der Waals surface area contributed by atoms with Crippen molar-refractivity contribution >= 4 is 17.2 Å². The van der Waals surface area contributed by atoms with Crippen LogP contribution in [0.5, 0.6) is 0 Å². The molecule has 0 radical (unpaired) electrons. The molecule has 0 saturated heterocycles. The van der Waals surface area contributed by atoms with Crippen LogP contribution in [0.15, 0.2) is 52.4 Å². The number of nitrogens with two attached hydrogens (primary N) is 2. The van der Waals surface area contributed by atoms with Gasteiger partial charge in [-0.15, -0.1) is 0 Å². The fraction of sp³-hybridized carbons (Fsp3) is 0. The zero-order valence-electron chi connectivity index (χ0n) is 9.05. The average Bonchev–Trinajstić information content (AvgIpc) is 2.30. The Hall–Kier alpha value is -2.56. The Kier molecular flexibility index (Phi) is 2.91. The highest BCUT2D eigenvalue weighted by Crippen LogP contribution is 2.12. The number of anilines is 1. The second-order valence-electron chi connectivity index (χ2n) is 3.47. The van der Waals surface area contributed by atoms with Gasteiger partial charge < -0.3 is 16.5 Å². The van der Waals surface area contributed by atoms with Crippen LogP contribution in [-0.4, -0.2) is 10.8 Å². The van der Waals surface area contributed by atoms with Gasteiger partial charge in [0.1, 0.15) is 11.4 Å². The monoisotopic (exact) mass is 228 g/mol. The quantitative estimate of drug-likeness (QED) is 0.528. The summed E-state index contributed by atoms with van der Waals surface area (Å²) in [5.41, 5.74) is 12.3. The van der Waals surface area contributed by atoms with Crippen LogP contribution in [0, 0.1) is 0 Å². The number of rotatable bonds is 2. The predicted octanol–water partition coefficient (Wildman–Crippen LogP) is 0.994. The van der Waals surface area contributed by atoms with Crippen molar-refractivity contribution in [1.29, 1.82) is 0 Å². The van der Waals surface area contributed by atoms with Crippen LogP contribution >= 0.6 is 0 Å². The van der Waals surface area contributed by atoms with E-state index in [2.05, 4.69) is 9.98 Å². The van der Waals surface area contributed by atoms with Crippen molar-refractivity contribution in [2.45, 2.75) is 0 Å². The summed E-state index contributed by atoms with van der Waals surface area (Å²) in [7, 11) is 0. The molecule has 1 heterocycles. The third-order valence-electron chi connectivity index (χ3n) is 2.25. The molecule has 0 amide bonds. The molecule has 1 aromatic heterocycles. The molecule has 0 atom stereocenters. The van der Waals surface area contributed by atoms with Gasteiger partial charge in [0.25, 0.3) is 5.56 Å². The Balaban J connectivity index is 2.48. The Bertz CT molecular complexity index is 601. The molecule has 1 aromatic carbocycles. The zero-order chi connectivity index (χ0) is 12.3. The number of amidine groups is 1. The Labute approximate surface area is 97.8 Å². The largest absolute Gasteiger partial charge is 0.398 e. The third-order valence-corrected chi connectivity index (χ3v) is 2.25. The van der Waals surface area contributed by atoms with Crippen LogP contribution < -0.4 is 17.0 Å². The van der Waals surface area contributed by atoms with E-state index >= 15 is 0 Å². The maximum atomic E-state index is 11.6. The lowest BCUT2D eigenvalue weighted by Crippen LogP contribution is -2.25. The Morgan fingerprint density at radius 3 is 2.53 bits per heavy atom. The molecule has 2 aromatic rings. The first-order chi connectivity index (χ1) is 8.18. The maximum absolute atomic E-state index is 11.6. The summed E-state index contributed by atoms with van der Waals surface area (Å²) in [6.45, 7) is 0. The van der Waals surface area contributed by atoms with Gasteiger partial charge in [0.2, 0.25) is 0 Å². The number of H-pyrrole nitrogens is 1. The molecule has 5 nitrogen and oxygen atoms in total. The number of nitrogen functional groups attached to an aromatic ring is 1. The van der Waals surface area contributed by atoms with E-state index in [1.54, 1.807) is 18.2 Å². The van der Waals surface area contributed by atoms with Gasteiger partial charge in [-0.3, -0.25) is 4.79 Å². The van der Waals surface area contributed by atoms with Crippen LogP contribution in [-0.2, 0) is 0 Å². The normalized spacial score (nSPS) is 11.4. The first-order valence-corrected chi connectivity index (χ1v) is 5.05. The van der Waals surface area contributed by atoms with E-state index < -0.39 is 0 Å². The SMILES string of the molecule is NC(=Nc1ccccc1)c1c(N)cc[nH]c1=O. The molecule has 5 heteroatoms. The third kappa shape index (κ3) is 2.34. The molecule has 86 valence electrons. The average molecular weight is 228 g/mol. The van der Waals surface area contributed by atoms with Crippen molar-refractivity contribution < 1.29 is 0 Å². The number of nitrogens with one attached hydrogen (secondary N) is 1. The van der Waals surface area contributed by atoms with Crippen LogP contribution in [0.25, 0.3) is 0 Å². The first kappa shape index (κ1) is 10.9.